The van der Waals surface area contributed by atoms with Crippen molar-refractivity contribution in [2.24, 2.45) is 130 Å². The lowest BCUT2D eigenvalue weighted by Gasteiger charge is -2.35. The fraction of sp³-hybridized carbons (Fsp3) is 0.940. The van der Waals surface area contributed by atoms with Crippen LogP contribution >= 0.6 is 0 Å². The molecule has 11 aliphatic heterocycles. The molecule has 0 amide bonds. The number of hydrogen-bond acceptors (Lipinski definition) is 40. The highest BCUT2D eigenvalue weighted by Crippen LogP contribution is 2.38. The summed E-state index contributed by atoms with van der Waals surface area (Å²) in [5, 5.41) is 153. The predicted octanol–water partition coefficient (Wildman–Crippen LogP) is -2.33. The van der Waals surface area contributed by atoms with Gasteiger partial charge in [-0.25, -0.2) is 0 Å². The van der Waals surface area contributed by atoms with Crippen LogP contribution in [0.3, 0.4) is 0 Å². The van der Waals surface area contributed by atoms with Crippen molar-refractivity contribution in [3.8, 4) is 0 Å². The molecule has 40 heteroatoms. The van der Waals surface area contributed by atoms with E-state index in [1.165, 1.54) is 20.8 Å². The van der Waals surface area contributed by atoms with Crippen LogP contribution in [0.25, 0.3) is 0 Å². The predicted molar refractivity (Wildman–Crippen MR) is 534 cm³/mol. The summed E-state index contributed by atoms with van der Waals surface area (Å²) in [6.07, 6.45) is 3.28. The molecule has 0 aromatic carbocycles. The van der Waals surface area contributed by atoms with Gasteiger partial charge < -0.3 is 169 Å². The molecule has 140 heavy (non-hydrogen) atoms. The molecule has 0 aliphatic carbocycles. The van der Waals surface area contributed by atoms with Gasteiger partial charge in [-0.2, -0.15) is 0 Å². The molecule has 828 valence electrons. The molecule has 0 radical (unpaired) electrons. The number of nitrogens with zero attached hydrogens (tertiary/aromatic N) is 11. The Labute approximate surface area is 838 Å². The van der Waals surface area contributed by atoms with E-state index < -0.39 is 23.6 Å². The van der Waals surface area contributed by atoms with E-state index in [4.69, 9.17) is 99.9 Å². The molecular weight excluding hydrogens is 1820 g/mol. The molecule has 11 heterocycles. The molecule has 11 aliphatic rings. The summed E-state index contributed by atoms with van der Waals surface area (Å²) < 4.78 is 31.0. The fourth-order valence-electron chi connectivity index (χ4n) is 20.3. The highest BCUT2D eigenvalue weighted by atomic mass is 16.6. The van der Waals surface area contributed by atoms with Crippen LogP contribution in [0.5, 0.6) is 0 Å². The number of hydrogen-bond donors (Lipinski definition) is 17. The van der Waals surface area contributed by atoms with Gasteiger partial charge in [-0.3, -0.25) is 28.8 Å². The van der Waals surface area contributed by atoms with Gasteiger partial charge in [0.1, 0.15) is 0 Å². The number of esters is 6. The van der Waals surface area contributed by atoms with Gasteiger partial charge in [0, 0.05) is 345 Å². The van der Waals surface area contributed by atoms with Gasteiger partial charge in [0.25, 0.3) is 0 Å². The second kappa shape index (κ2) is 72.1. The van der Waals surface area contributed by atoms with E-state index in [2.05, 4.69) is 58.2 Å². The topological polar surface area (TPSA) is 537 Å². The first-order valence-corrected chi connectivity index (χ1v) is 51.1. The van der Waals surface area contributed by atoms with Gasteiger partial charge >= 0.3 is 35.8 Å². The molecule has 11 rings (SSSR count). The zero-order chi connectivity index (χ0) is 106. The molecule has 40 nitrogen and oxygen atoms in total. The lowest BCUT2D eigenvalue weighted by Crippen LogP contribution is -2.46. The number of rotatable bonds is 34. The van der Waals surface area contributed by atoms with Crippen LogP contribution in [0.1, 0.15) is 115 Å². The van der Waals surface area contributed by atoms with Gasteiger partial charge in [0.05, 0.1) is 69.3 Å². The first kappa shape index (κ1) is 134. The van der Waals surface area contributed by atoms with Crippen molar-refractivity contribution in [2.45, 2.75) is 138 Å². The number of aliphatic hydroxyl groups excluding tert-OH is 14. The van der Waals surface area contributed by atoms with Crippen LogP contribution in [0, 0.1) is 130 Å². The Morgan fingerprint density at radius 2 is 0.436 bits per heavy atom. The van der Waals surface area contributed by atoms with Crippen LogP contribution in [-0.2, 0) is 57.2 Å². The lowest BCUT2D eigenvalue weighted by molar-refractivity contribution is -0.203. The van der Waals surface area contributed by atoms with Gasteiger partial charge in [-0.05, 0) is 148 Å². The Hall–Kier alpha value is -4.30. The fourth-order valence-corrected chi connectivity index (χ4v) is 20.3. The number of likely N-dealkylation sites (tertiary alicyclic amines) is 11. The van der Waals surface area contributed by atoms with Crippen LogP contribution in [0.4, 0.5) is 0 Å². The Morgan fingerprint density at radius 1 is 0.264 bits per heavy atom. The summed E-state index contributed by atoms with van der Waals surface area (Å²) in [4.78, 5) is 90.3. The monoisotopic (exact) mass is 2020 g/mol. The summed E-state index contributed by atoms with van der Waals surface area (Å²) in [5.41, 5.74) is -0.873. The number of likely N-dealkylation sites (N-methyl/N-ethyl adjacent to an activating group) is 1. The average molecular weight is 2020 g/mol. The molecule has 0 spiro atoms. The highest BCUT2D eigenvalue weighted by Gasteiger charge is 2.48. The van der Waals surface area contributed by atoms with Crippen LogP contribution in [0.15, 0.2) is 0 Å². The normalized spacial score (nSPS) is 30.1. The number of ether oxygens (including phenoxy) is 6. The highest BCUT2D eigenvalue weighted by molar-refractivity contribution is 5.72. The summed E-state index contributed by atoms with van der Waals surface area (Å²) in [6.45, 7) is 43.1. The van der Waals surface area contributed by atoms with E-state index in [1.807, 2.05) is 101 Å². The summed E-state index contributed by atoms with van der Waals surface area (Å²) in [7, 11) is 22.1. The van der Waals surface area contributed by atoms with Crippen molar-refractivity contribution in [2.75, 3.05) is 340 Å². The van der Waals surface area contributed by atoms with Gasteiger partial charge in [-0.15, -0.1) is 0 Å². The molecule has 11 fully saturated rings. The maximum Gasteiger partial charge on any atom is 0.308 e. The minimum absolute atomic E-state index is 0.104. The molecule has 4 unspecified atom stereocenters. The van der Waals surface area contributed by atoms with E-state index >= 15 is 0 Å². The second-order valence-corrected chi connectivity index (χ2v) is 43.0. The van der Waals surface area contributed by atoms with Crippen molar-refractivity contribution < 1.29 is 144 Å². The summed E-state index contributed by atoms with van der Waals surface area (Å²) in [5.74, 6) is 2.63. The molecular formula is C100H199N11O29. The van der Waals surface area contributed by atoms with Gasteiger partial charge in [-0.1, -0.05) is 41.5 Å². The zero-order valence-corrected chi connectivity index (χ0v) is 89.8. The SMILES string of the molecule is CC(=O)OC[C@@H]1CN(C)C[C@@H]1COC(C)=O.CC(C)C(=O)OC[C@@H]1CN(C)C[C@@H]1COC(=O)C(C)C.CCC(=O)OC[C@@H]1CN(C)C[C@@H]1COC(=O)CC.CN1CC(C(C)(C)O)C(C(C)(O)O)C1.CN1CC(CO)C(CO)C1.CN1C[C@@H](CCO)[C@@H](CCO)C1.CN1C[C@@H](CO)[C@@H](CO)C1.CN1C[C@@H](CO)[C@@H](CO)C1.CN1C[C@@H](CO)[C@H](CO)C1.CN1C[C@@H](O)[C@@H](O)C1.CN1C[C@H](CCO)[C@@H](CCO)C1. The standard InChI is InChI=1S/C15H27NO4.C13H23NO4.C11H19NO4.C10H21NO3.2C9H19NO2.4C7H15NO2.C5H11NO2/c1-10(2)14(17)19-8-12-6-16(5)7-13(12)9-20-15(18)11(3)4;1-4-12(15)17-8-10-6-14(3)7-11(10)9-18-13(16)5-2;1-8(13)15-6-10-4-12(3)5-11(10)7-16-9(2)14;1-9(2,12)7-5-11(4)6-8(7)10(3,13)14;2*1-10-6-8(2-4-11)9(7-10)3-5-12;4*1-8-2-6(4-9)7(3-8)5-10;1-6-2-4(7)5(8)3-6/h10-13H,6-9H2,1-5H3;10-11H,4-9H2,1-3H3;10-11H,4-7H2,1-3H3;7-8,12-14H,5-6H2,1-4H3;2*8-9,11-12H,2-7H2,1H3;4*6-7,9-10H,2-5H2,1H3;4-5,7-8H,2-3H2,1H3/t12-,13+;2*10-,11+;;8-,9+;8-,9-;2*6-,7+;6-,7-;;4-,5+/m.....0..0../s1. The quantitative estimate of drug-likeness (QED) is 0.0182. The third-order valence-electron chi connectivity index (χ3n) is 28.6. The van der Waals surface area contributed by atoms with E-state index in [1.54, 1.807) is 27.7 Å². The van der Waals surface area contributed by atoms with Crippen molar-refractivity contribution in [1.29, 1.82) is 0 Å². The third-order valence-corrected chi connectivity index (χ3v) is 28.6. The lowest BCUT2D eigenvalue weighted by atomic mass is 9.79. The minimum atomic E-state index is -1.71. The third kappa shape index (κ3) is 53.5. The van der Waals surface area contributed by atoms with E-state index in [9.17, 15) is 44.1 Å². The molecule has 17 N–H and O–H groups in total. The van der Waals surface area contributed by atoms with Crippen molar-refractivity contribution in [3.63, 3.8) is 0 Å². The molecule has 0 aromatic rings. The first-order valence-electron chi connectivity index (χ1n) is 51.1. The van der Waals surface area contributed by atoms with Gasteiger partial charge in [0.2, 0.25) is 0 Å². The van der Waals surface area contributed by atoms with Crippen LogP contribution in [-0.4, -0.2) is 541 Å². The van der Waals surface area contributed by atoms with Crippen LogP contribution < -0.4 is 0 Å². The largest absolute Gasteiger partial charge is 0.466 e. The molecule has 0 aromatic heterocycles. The number of carbonyl (C=O) groups excluding carboxylic acids is 6. The summed E-state index contributed by atoms with van der Waals surface area (Å²) >= 11 is 0. The smallest absolute Gasteiger partial charge is 0.308 e. The maximum atomic E-state index is 11.5. The molecule has 11 saturated heterocycles. The zero-order valence-electron chi connectivity index (χ0n) is 89.8. The maximum absolute atomic E-state index is 11.5. The average Bonchev–Trinajstić information content (AvgIpc) is 1.64. The van der Waals surface area contributed by atoms with Crippen molar-refractivity contribution in [3.05, 3.63) is 0 Å². The minimum Gasteiger partial charge on any atom is -0.466 e. The molecule has 0 saturated carbocycles. The Kier molecular flexibility index (Phi) is 68.9. The van der Waals surface area contributed by atoms with Crippen LogP contribution in [0.2, 0.25) is 0 Å². The number of aliphatic hydroxyl groups is 17. The number of carbonyl (C=O) groups is 6. The van der Waals surface area contributed by atoms with E-state index in [0.29, 0.717) is 102 Å². The molecule has 22 atom stereocenters. The number of β-amino-alcohol motifs (C(OH)–C–C–N with tert-alkyl or cyclic N) is 2. The second-order valence-electron chi connectivity index (χ2n) is 43.0. The van der Waals surface area contributed by atoms with E-state index in [0.717, 1.165) is 143 Å². The van der Waals surface area contributed by atoms with Crippen molar-refractivity contribution in [1.82, 2.24) is 53.9 Å². The van der Waals surface area contributed by atoms with Gasteiger partial charge in [0.15, 0.2) is 5.79 Å². The summed E-state index contributed by atoms with van der Waals surface area (Å²) in [6, 6.07) is 0. The Bertz CT molecular complexity index is 2930. The Balaban J connectivity index is 0.000000777. The van der Waals surface area contributed by atoms with Crippen molar-refractivity contribution >= 4 is 35.8 Å². The first-order chi connectivity index (χ1) is 65.8. The van der Waals surface area contributed by atoms with E-state index in [-0.39, 0.29) is 222 Å². The molecule has 0 bridgehead atoms. The Morgan fingerprint density at radius 3 is 0.586 bits per heavy atom.